The molecular formula is C25H27N3O5S. The lowest BCUT2D eigenvalue weighted by atomic mass is 10.1. The van der Waals surface area contributed by atoms with E-state index in [1.165, 1.54) is 22.5 Å². The number of rotatable bonds is 9. The standard InChI is InChI=1S/C25H27N3O5S/c1-4-28(5-2)34(31,32)23-8-6-7-19(17-23)25(30)27-20-11-9-18(10-12-20)24(29)26-21-13-15-22(33-3)16-14-21/h6-17H,4-5H2,1-3H3,(H,26,29)(H,27,30). The van der Waals surface area contributed by atoms with E-state index < -0.39 is 15.9 Å². The third kappa shape index (κ3) is 5.81. The third-order valence-electron chi connectivity index (χ3n) is 5.19. The van der Waals surface area contributed by atoms with Crippen LogP contribution in [0.5, 0.6) is 5.75 Å². The highest BCUT2D eigenvalue weighted by Gasteiger charge is 2.22. The van der Waals surface area contributed by atoms with Crippen LogP contribution in [0, 0.1) is 0 Å². The number of nitrogens with one attached hydrogen (secondary N) is 2. The SMILES string of the molecule is CCN(CC)S(=O)(=O)c1cccc(C(=O)Nc2ccc(C(=O)Nc3ccc(OC)cc3)cc2)c1. The molecule has 3 aromatic rings. The Hall–Kier alpha value is -3.69. The molecule has 9 heteroatoms. The van der Waals surface area contributed by atoms with E-state index in [2.05, 4.69) is 10.6 Å². The zero-order valence-corrected chi connectivity index (χ0v) is 20.1. The summed E-state index contributed by atoms with van der Waals surface area (Å²) in [7, 11) is -2.10. The van der Waals surface area contributed by atoms with Crippen molar-refractivity contribution in [2.45, 2.75) is 18.7 Å². The highest BCUT2D eigenvalue weighted by Crippen LogP contribution is 2.19. The monoisotopic (exact) mass is 481 g/mol. The number of sulfonamides is 1. The van der Waals surface area contributed by atoms with Gasteiger partial charge in [0.05, 0.1) is 12.0 Å². The number of anilines is 2. The lowest BCUT2D eigenvalue weighted by Gasteiger charge is -2.18. The summed E-state index contributed by atoms with van der Waals surface area (Å²) in [5.41, 5.74) is 1.74. The van der Waals surface area contributed by atoms with Gasteiger partial charge in [-0.1, -0.05) is 19.9 Å². The van der Waals surface area contributed by atoms with Gasteiger partial charge in [0, 0.05) is 35.6 Å². The fraction of sp³-hybridized carbons (Fsp3) is 0.200. The molecule has 0 unspecified atom stereocenters. The summed E-state index contributed by atoms with van der Waals surface area (Å²) >= 11 is 0. The first-order valence-corrected chi connectivity index (χ1v) is 12.2. The number of hydrogen-bond acceptors (Lipinski definition) is 5. The Balaban J connectivity index is 1.68. The van der Waals surface area contributed by atoms with Gasteiger partial charge in [0.2, 0.25) is 10.0 Å². The molecule has 3 aromatic carbocycles. The molecule has 0 saturated carbocycles. The molecule has 0 aliphatic rings. The molecule has 0 aliphatic heterocycles. The van der Waals surface area contributed by atoms with Crippen molar-refractivity contribution in [1.29, 1.82) is 0 Å². The number of carbonyl (C=O) groups is 2. The van der Waals surface area contributed by atoms with Crippen LogP contribution >= 0.6 is 0 Å². The van der Waals surface area contributed by atoms with Crippen molar-refractivity contribution in [3.05, 3.63) is 83.9 Å². The molecule has 0 saturated heterocycles. The number of nitrogens with zero attached hydrogens (tertiary/aromatic N) is 1. The average molecular weight is 482 g/mol. The van der Waals surface area contributed by atoms with Crippen molar-refractivity contribution in [2.24, 2.45) is 0 Å². The molecule has 34 heavy (non-hydrogen) atoms. The summed E-state index contributed by atoms with van der Waals surface area (Å²) in [5.74, 6) is -0.0568. The van der Waals surface area contributed by atoms with Crippen molar-refractivity contribution < 1.29 is 22.7 Å². The zero-order valence-electron chi connectivity index (χ0n) is 19.2. The van der Waals surface area contributed by atoms with E-state index in [4.69, 9.17) is 4.74 Å². The van der Waals surface area contributed by atoms with E-state index >= 15 is 0 Å². The van der Waals surface area contributed by atoms with Crippen molar-refractivity contribution in [3.63, 3.8) is 0 Å². The number of carbonyl (C=O) groups excluding carboxylic acids is 2. The van der Waals surface area contributed by atoms with Gasteiger partial charge in [0.1, 0.15) is 5.75 Å². The smallest absolute Gasteiger partial charge is 0.255 e. The predicted octanol–water partition coefficient (Wildman–Crippen LogP) is 4.23. The summed E-state index contributed by atoms with van der Waals surface area (Å²) in [5, 5.41) is 5.52. The summed E-state index contributed by atoms with van der Waals surface area (Å²) < 4.78 is 31.9. The highest BCUT2D eigenvalue weighted by molar-refractivity contribution is 7.89. The molecule has 178 valence electrons. The topological polar surface area (TPSA) is 105 Å². The molecule has 0 spiro atoms. The fourth-order valence-corrected chi connectivity index (χ4v) is 4.80. The van der Waals surface area contributed by atoms with Crippen molar-refractivity contribution in [2.75, 3.05) is 30.8 Å². The molecule has 2 amide bonds. The van der Waals surface area contributed by atoms with E-state index in [9.17, 15) is 18.0 Å². The maximum Gasteiger partial charge on any atom is 0.255 e. The van der Waals surface area contributed by atoms with Crippen LogP contribution in [0.15, 0.2) is 77.7 Å². The van der Waals surface area contributed by atoms with E-state index in [1.807, 2.05) is 0 Å². The van der Waals surface area contributed by atoms with E-state index in [0.717, 1.165) is 0 Å². The third-order valence-corrected chi connectivity index (χ3v) is 7.24. The Kier molecular flexibility index (Phi) is 8.04. The van der Waals surface area contributed by atoms with E-state index in [1.54, 1.807) is 75.6 Å². The van der Waals surface area contributed by atoms with Crippen molar-refractivity contribution in [1.82, 2.24) is 4.31 Å². The second kappa shape index (κ2) is 11.0. The Bertz CT molecular complexity index is 1250. The first-order chi connectivity index (χ1) is 16.3. The van der Waals surface area contributed by atoms with Gasteiger partial charge in [-0.15, -0.1) is 0 Å². The van der Waals surface area contributed by atoms with E-state index in [0.29, 0.717) is 35.8 Å². The number of amides is 2. The Labute approximate surface area is 199 Å². The van der Waals surface area contributed by atoms with Gasteiger partial charge < -0.3 is 15.4 Å². The molecule has 0 aromatic heterocycles. The van der Waals surface area contributed by atoms with Gasteiger partial charge >= 0.3 is 0 Å². The Morgan fingerprint density at radius 3 is 1.85 bits per heavy atom. The number of methoxy groups -OCH3 is 1. The second-order valence-corrected chi connectivity index (χ2v) is 9.27. The van der Waals surface area contributed by atoms with Crippen LogP contribution in [0.3, 0.4) is 0 Å². The number of benzene rings is 3. The van der Waals surface area contributed by atoms with Crippen LogP contribution in [0.1, 0.15) is 34.6 Å². The molecule has 0 fully saturated rings. The first-order valence-electron chi connectivity index (χ1n) is 10.8. The summed E-state index contributed by atoms with van der Waals surface area (Å²) in [6, 6.07) is 19.3. The Morgan fingerprint density at radius 2 is 1.32 bits per heavy atom. The number of ether oxygens (including phenoxy) is 1. The van der Waals surface area contributed by atoms with E-state index in [-0.39, 0.29) is 16.4 Å². The maximum absolute atomic E-state index is 12.7. The lowest BCUT2D eigenvalue weighted by molar-refractivity contribution is 0.101. The van der Waals surface area contributed by atoms with Crippen LogP contribution in [0.4, 0.5) is 11.4 Å². The molecule has 2 N–H and O–H groups in total. The molecule has 0 radical (unpaired) electrons. The molecule has 3 rings (SSSR count). The molecule has 0 aliphatic carbocycles. The fourth-order valence-electron chi connectivity index (χ4n) is 3.30. The zero-order chi connectivity index (χ0) is 24.7. The van der Waals surface area contributed by atoms with Crippen LogP contribution in [0.25, 0.3) is 0 Å². The van der Waals surface area contributed by atoms with Gasteiger partial charge in [-0.25, -0.2) is 8.42 Å². The van der Waals surface area contributed by atoms with Gasteiger partial charge in [0.25, 0.3) is 11.8 Å². The average Bonchev–Trinajstić information content (AvgIpc) is 2.85. The summed E-state index contributed by atoms with van der Waals surface area (Å²) in [6.45, 7) is 4.21. The van der Waals surface area contributed by atoms with Gasteiger partial charge in [-0.2, -0.15) is 4.31 Å². The predicted molar refractivity (Wildman–Crippen MR) is 132 cm³/mol. The van der Waals surface area contributed by atoms with Gasteiger partial charge in [0.15, 0.2) is 0 Å². The molecular weight excluding hydrogens is 454 g/mol. The van der Waals surface area contributed by atoms with Crippen molar-refractivity contribution in [3.8, 4) is 5.75 Å². The first kappa shape index (κ1) is 24.9. The normalized spacial score (nSPS) is 11.2. The summed E-state index contributed by atoms with van der Waals surface area (Å²) in [4.78, 5) is 25.2. The van der Waals surface area contributed by atoms with Crippen LogP contribution in [-0.4, -0.2) is 44.7 Å². The lowest BCUT2D eigenvalue weighted by Crippen LogP contribution is -2.30. The highest BCUT2D eigenvalue weighted by atomic mass is 32.2. The van der Waals surface area contributed by atoms with Crippen LogP contribution < -0.4 is 15.4 Å². The van der Waals surface area contributed by atoms with Crippen molar-refractivity contribution >= 4 is 33.2 Å². The minimum Gasteiger partial charge on any atom is -0.497 e. The van der Waals surface area contributed by atoms with Crippen LogP contribution in [-0.2, 0) is 10.0 Å². The Morgan fingerprint density at radius 1 is 0.794 bits per heavy atom. The molecule has 8 nitrogen and oxygen atoms in total. The minimum atomic E-state index is -3.67. The quantitative estimate of drug-likeness (QED) is 0.476. The maximum atomic E-state index is 12.7. The minimum absolute atomic E-state index is 0.0643. The molecule has 0 atom stereocenters. The summed E-state index contributed by atoms with van der Waals surface area (Å²) in [6.07, 6.45) is 0. The van der Waals surface area contributed by atoms with Gasteiger partial charge in [-0.3, -0.25) is 9.59 Å². The second-order valence-electron chi connectivity index (χ2n) is 7.33. The van der Waals surface area contributed by atoms with Crippen LogP contribution in [0.2, 0.25) is 0 Å². The number of hydrogen-bond donors (Lipinski definition) is 2. The van der Waals surface area contributed by atoms with Gasteiger partial charge in [-0.05, 0) is 66.7 Å². The largest absolute Gasteiger partial charge is 0.497 e. The molecule has 0 heterocycles. The molecule has 0 bridgehead atoms.